The lowest BCUT2D eigenvalue weighted by Gasteiger charge is -2.06. The summed E-state index contributed by atoms with van der Waals surface area (Å²) in [6.45, 7) is 0.799. The third-order valence-corrected chi connectivity index (χ3v) is 1.80. The zero-order valence-corrected chi connectivity index (χ0v) is 6.44. The molecular formula is C5H6INO. The third kappa shape index (κ3) is 1.47. The topological polar surface area (TPSA) is 29.1 Å². The fourth-order valence-electron chi connectivity index (χ4n) is 0.571. The molecule has 0 radical (unpaired) electrons. The maximum atomic E-state index is 10.5. The van der Waals surface area contributed by atoms with Gasteiger partial charge in [0.25, 0.3) is 0 Å². The van der Waals surface area contributed by atoms with Gasteiger partial charge in [0.15, 0.2) is 0 Å². The summed E-state index contributed by atoms with van der Waals surface area (Å²) in [7, 11) is 0. The highest BCUT2D eigenvalue weighted by Gasteiger charge is 2.03. The van der Waals surface area contributed by atoms with Crippen molar-refractivity contribution in [2.75, 3.05) is 6.54 Å². The van der Waals surface area contributed by atoms with Crippen LogP contribution in [0.4, 0.5) is 0 Å². The number of hydrogen-bond acceptors (Lipinski definition) is 1. The molecule has 0 bridgehead atoms. The molecule has 0 aromatic carbocycles. The molecule has 0 aliphatic carbocycles. The molecule has 0 saturated heterocycles. The molecule has 3 heteroatoms. The van der Waals surface area contributed by atoms with Gasteiger partial charge in [-0.05, 0) is 32.6 Å². The second kappa shape index (κ2) is 2.48. The van der Waals surface area contributed by atoms with Gasteiger partial charge in [-0.15, -0.1) is 0 Å². The van der Waals surface area contributed by atoms with E-state index in [1.165, 1.54) is 0 Å². The first-order valence-corrected chi connectivity index (χ1v) is 3.51. The van der Waals surface area contributed by atoms with Gasteiger partial charge in [0.1, 0.15) is 0 Å². The molecule has 0 aromatic rings. The molecule has 1 aliphatic heterocycles. The SMILES string of the molecule is O=C1C=C(I)CCN1. The summed E-state index contributed by atoms with van der Waals surface area (Å²) >= 11 is 2.17. The Kier molecular flexibility index (Phi) is 1.88. The largest absolute Gasteiger partial charge is 0.352 e. The molecule has 0 spiro atoms. The van der Waals surface area contributed by atoms with Gasteiger partial charge in [-0.1, -0.05) is 0 Å². The van der Waals surface area contributed by atoms with Gasteiger partial charge in [-0.2, -0.15) is 0 Å². The van der Waals surface area contributed by atoms with Crippen LogP contribution in [0.15, 0.2) is 9.66 Å². The van der Waals surface area contributed by atoms with Gasteiger partial charge in [-0.3, -0.25) is 4.79 Å². The van der Waals surface area contributed by atoms with Crippen LogP contribution in [0, 0.1) is 0 Å². The van der Waals surface area contributed by atoms with Crippen molar-refractivity contribution in [3.05, 3.63) is 9.66 Å². The predicted molar refractivity (Wildman–Crippen MR) is 39.7 cm³/mol. The Morgan fingerprint density at radius 3 is 2.88 bits per heavy atom. The first-order chi connectivity index (χ1) is 3.79. The molecule has 1 rings (SSSR count). The fourth-order valence-corrected chi connectivity index (χ4v) is 1.12. The van der Waals surface area contributed by atoms with Crippen molar-refractivity contribution in [3.8, 4) is 0 Å². The molecule has 1 heterocycles. The summed E-state index contributed by atoms with van der Waals surface area (Å²) < 4.78 is 1.14. The Bertz CT molecular complexity index is 141. The Labute approximate surface area is 61.5 Å². The van der Waals surface area contributed by atoms with E-state index in [2.05, 4.69) is 27.9 Å². The van der Waals surface area contributed by atoms with Gasteiger partial charge in [0.05, 0.1) is 0 Å². The second-order valence-electron chi connectivity index (χ2n) is 1.63. The fraction of sp³-hybridized carbons (Fsp3) is 0.400. The van der Waals surface area contributed by atoms with E-state index in [1.54, 1.807) is 6.08 Å². The Balaban J connectivity index is 2.64. The van der Waals surface area contributed by atoms with Crippen molar-refractivity contribution in [1.29, 1.82) is 0 Å². The second-order valence-corrected chi connectivity index (χ2v) is 3.02. The molecule has 8 heavy (non-hydrogen) atoms. The first kappa shape index (κ1) is 6.07. The number of amides is 1. The van der Waals surface area contributed by atoms with E-state index in [0.29, 0.717) is 0 Å². The molecule has 0 saturated carbocycles. The normalized spacial score (nSPS) is 19.6. The lowest BCUT2D eigenvalue weighted by molar-refractivity contribution is -0.116. The van der Waals surface area contributed by atoms with Crippen molar-refractivity contribution in [3.63, 3.8) is 0 Å². The highest BCUT2D eigenvalue weighted by Crippen LogP contribution is 2.11. The molecule has 1 aliphatic rings. The number of carbonyl (C=O) groups excluding carboxylic acids is 1. The average Bonchev–Trinajstić information content (AvgIpc) is 1.64. The maximum absolute atomic E-state index is 10.5. The van der Waals surface area contributed by atoms with Crippen LogP contribution in [0.2, 0.25) is 0 Å². The van der Waals surface area contributed by atoms with E-state index in [4.69, 9.17) is 0 Å². The van der Waals surface area contributed by atoms with Crippen molar-refractivity contribution in [2.45, 2.75) is 6.42 Å². The van der Waals surface area contributed by atoms with E-state index in [1.807, 2.05) is 0 Å². The van der Waals surface area contributed by atoms with Crippen LogP contribution < -0.4 is 5.32 Å². The zero-order chi connectivity index (χ0) is 5.98. The summed E-state index contributed by atoms with van der Waals surface area (Å²) in [6, 6.07) is 0. The van der Waals surface area contributed by atoms with Crippen LogP contribution >= 0.6 is 22.6 Å². The van der Waals surface area contributed by atoms with E-state index < -0.39 is 0 Å². The molecule has 1 N–H and O–H groups in total. The van der Waals surface area contributed by atoms with Crippen LogP contribution in [0.25, 0.3) is 0 Å². The van der Waals surface area contributed by atoms with Crippen LogP contribution in [0.1, 0.15) is 6.42 Å². The van der Waals surface area contributed by atoms with E-state index in [0.717, 1.165) is 16.5 Å². The van der Waals surface area contributed by atoms with Crippen molar-refractivity contribution in [1.82, 2.24) is 5.32 Å². The van der Waals surface area contributed by atoms with Crippen LogP contribution in [-0.4, -0.2) is 12.5 Å². The van der Waals surface area contributed by atoms with Crippen LogP contribution in [0.3, 0.4) is 0 Å². The van der Waals surface area contributed by atoms with Gasteiger partial charge in [0.2, 0.25) is 5.91 Å². The molecule has 0 unspecified atom stereocenters. The van der Waals surface area contributed by atoms with Crippen molar-refractivity contribution in [2.24, 2.45) is 0 Å². The first-order valence-electron chi connectivity index (χ1n) is 2.43. The lowest BCUT2D eigenvalue weighted by Crippen LogP contribution is -2.25. The van der Waals surface area contributed by atoms with E-state index in [-0.39, 0.29) is 5.91 Å². The summed E-state index contributed by atoms with van der Waals surface area (Å²) in [6.07, 6.45) is 2.62. The number of rotatable bonds is 0. The molecule has 0 fully saturated rings. The highest BCUT2D eigenvalue weighted by atomic mass is 127. The lowest BCUT2D eigenvalue weighted by atomic mass is 10.3. The predicted octanol–water partition coefficient (Wildman–Crippen LogP) is 0.825. The Morgan fingerprint density at radius 1 is 1.75 bits per heavy atom. The molecule has 2 nitrogen and oxygen atoms in total. The molecular weight excluding hydrogens is 217 g/mol. The maximum Gasteiger partial charge on any atom is 0.244 e. The summed E-state index contributed by atoms with van der Waals surface area (Å²) in [5.41, 5.74) is 0. The van der Waals surface area contributed by atoms with Gasteiger partial charge < -0.3 is 5.32 Å². The van der Waals surface area contributed by atoms with Crippen molar-refractivity contribution < 1.29 is 4.79 Å². The van der Waals surface area contributed by atoms with Gasteiger partial charge >= 0.3 is 0 Å². The van der Waals surface area contributed by atoms with E-state index >= 15 is 0 Å². The van der Waals surface area contributed by atoms with Crippen molar-refractivity contribution >= 4 is 28.5 Å². The standard InChI is InChI=1S/C5H6INO/c6-4-1-2-7-5(8)3-4/h3H,1-2H2,(H,7,8). The van der Waals surface area contributed by atoms with Crippen LogP contribution in [0.5, 0.6) is 0 Å². The average molecular weight is 223 g/mol. The number of halogens is 1. The number of nitrogens with one attached hydrogen (secondary N) is 1. The van der Waals surface area contributed by atoms with Crippen LogP contribution in [-0.2, 0) is 4.79 Å². The Hall–Kier alpha value is -0.0600. The Morgan fingerprint density at radius 2 is 2.50 bits per heavy atom. The third-order valence-electron chi connectivity index (χ3n) is 0.951. The zero-order valence-electron chi connectivity index (χ0n) is 4.28. The molecule has 0 atom stereocenters. The number of hydrogen-bond donors (Lipinski definition) is 1. The van der Waals surface area contributed by atoms with E-state index in [9.17, 15) is 4.79 Å². The molecule has 1 amide bonds. The minimum absolute atomic E-state index is 0.0423. The summed E-state index contributed by atoms with van der Waals surface area (Å²) in [4.78, 5) is 10.5. The summed E-state index contributed by atoms with van der Waals surface area (Å²) in [5, 5.41) is 2.69. The monoisotopic (exact) mass is 223 g/mol. The minimum atomic E-state index is 0.0423. The van der Waals surface area contributed by atoms with Gasteiger partial charge in [-0.25, -0.2) is 0 Å². The smallest absolute Gasteiger partial charge is 0.244 e. The minimum Gasteiger partial charge on any atom is -0.352 e. The quantitative estimate of drug-likeness (QED) is 0.605. The van der Waals surface area contributed by atoms with Gasteiger partial charge in [0, 0.05) is 12.6 Å². The number of carbonyl (C=O) groups is 1. The molecule has 44 valence electrons. The molecule has 0 aromatic heterocycles. The summed E-state index contributed by atoms with van der Waals surface area (Å²) in [5.74, 6) is 0.0423. The highest BCUT2D eigenvalue weighted by molar-refractivity contribution is 14.1.